The molecule has 32 heteroatoms. The molecule has 0 spiro atoms. The second-order valence-electron chi connectivity index (χ2n) is 31.7. The highest BCUT2D eigenvalue weighted by Crippen LogP contribution is 2.50. The number of β-amino-alcohol motifs (C(OH)–C–C–N with tert-alkyl or cyclic N) is 1. The Kier molecular flexibility index (Phi) is 44.3. The van der Waals surface area contributed by atoms with Crippen molar-refractivity contribution in [2.24, 2.45) is 17.8 Å². The van der Waals surface area contributed by atoms with E-state index in [4.69, 9.17) is 51.3 Å². The van der Waals surface area contributed by atoms with Crippen LogP contribution in [0, 0.1) is 17.8 Å². The number of phosphoric acid groups is 1. The number of carbonyl (C=O) groups excluding carboxylic acids is 3. The van der Waals surface area contributed by atoms with Gasteiger partial charge in [0.25, 0.3) is 0 Å². The van der Waals surface area contributed by atoms with Crippen molar-refractivity contribution in [2.45, 2.75) is 363 Å². The number of amides is 3. The van der Waals surface area contributed by atoms with E-state index in [1.165, 1.54) is 11.6 Å². The lowest BCUT2D eigenvalue weighted by atomic mass is 9.92. The molecule has 3 amide bonds. The van der Waals surface area contributed by atoms with Crippen LogP contribution in [0.25, 0.3) is 0 Å². The fourth-order valence-electron chi connectivity index (χ4n) is 15.5. The summed E-state index contributed by atoms with van der Waals surface area (Å²) < 4.78 is 92.3. The van der Waals surface area contributed by atoms with Gasteiger partial charge < -0.3 is 113 Å². The van der Waals surface area contributed by atoms with Gasteiger partial charge in [0.15, 0.2) is 18.9 Å². The van der Waals surface area contributed by atoms with Crippen molar-refractivity contribution in [3.8, 4) is 0 Å². The first-order valence-corrected chi connectivity index (χ1v) is 44.6. The maximum Gasteiger partial charge on any atom is 0.472 e. The average molecular weight is 1590 g/mol. The SMILES string of the molecule is CC(C)OC[C@@H]1C[C@@H](OP(C)(=O)OC[C@@H]2C[C@@H](OP(=O)(O)OC[C@@H]3C[C@@H](O)CN3C(=O)CCCCCCCCCCCO[C@@H]3OC(CO)[C@H](O)[C@H](O)C3C)CN2C(=O)CCCCCCCCCCCO[C@@H]2OC(CO)[C@H](O)[C@H](O)C2C)CN1C(=O)CCCCCCCCCCCO[C@@H]1OC(CO)[C@H](O)[C@H](O)C1C. The number of nitrogens with zero attached hydrogens (tertiary/aromatic N) is 3. The zero-order valence-electron chi connectivity index (χ0n) is 65.7. The molecule has 30 nitrogen and oxygen atoms in total. The van der Waals surface area contributed by atoms with Crippen molar-refractivity contribution in [1.29, 1.82) is 0 Å². The molecule has 0 aliphatic carbocycles. The number of ether oxygens (including phenoxy) is 7. The molecule has 0 aromatic rings. The summed E-state index contributed by atoms with van der Waals surface area (Å²) in [5.41, 5.74) is 0. The summed E-state index contributed by atoms with van der Waals surface area (Å²) in [6.45, 7) is 10.4. The predicted octanol–water partition coefficient (Wildman–Crippen LogP) is 7.28. The summed E-state index contributed by atoms with van der Waals surface area (Å²) in [6.07, 6.45) is 12.4. The molecule has 0 saturated carbocycles. The third-order valence-electron chi connectivity index (χ3n) is 22.3. The van der Waals surface area contributed by atoms with Crippen LogP contribution in [-0.4, -0.2) is 290 Å². The van der Waals surface area contributed by atoms with Gasteiger partial charge in [0.05, 0.1) is 100 Å². The van der Waals surface area contributed by atoms with E-state index in [-0.39, 0.29) is 95.0 Å². The summed E-state index contributed by atoms with van der Waals surface area (Å²) in [5, 5.41) is 100. The van der Waals surface area contributed by atoms with Crippen LogP contribution >= 0.6 is 15.4 Å². The topological polar surface area (TPSA) is 419 Å². The molecule has 6 aliphatic heterocycles. The minimum absolute atomic E-state index is 0.0351. The largest absolute Gasteiger partial charge is 0.472 e. The fraction of sp³-hybridized carbons (Fsp3) is 0.961. The minimum Gasteiger partial charge on any atom is -0.394 e. The van der Waals surface area contributed by atoms with Gasteiger partial charge in [-0.15, -0.1) is 0 Å². The molecule has 8 unspecified atom stereocenters. The fourth-order valence-corrected chi connectivity index (χ4v) is 17.7. The van der Waals surface area contributed by atoms with Gasteiger partial charge in [-0.05, 0) is 71.6 Å². The number of rotatable bonds is 55. The summed E-state index contributed by atoms with van der Waals surface area (Å²) in [7, 11) is -8.68. The van der Waals surface area contributed by atoms with Crippen molar-refractivity contribution >= 4 is 33.1 Å². The summed E-state index contributed by atoms with van der Waals surface area (Å²) in [6, 6.07) is -1.71. The highest BCUT2D eigenvalue weighted by atomic mass is 31.2. The Morgan fingerprint density at radius 1 is 0.407 bits per heavy atom. The van der Waals surface area contributed by atoms with Crippen LogP contribution < -0.4 is 0 Å². The third-order valence-corrected chi connectivity index (χ3v) is 24.6. The molecule has 6 aliphatic rings. The number of aliphatic hydroxyl groups is 10. The Labute approximate surface area is 642 Å². The van der Waals surface area contributed by atoms with Crippen LogP contribution in [0.4, 0.5) is 0 Å². The number of unbranched alkanes of at least 4 members (excludes halogenated alkanes) is 24. The van der Waals surface area contributed by atoms with Gasteiger partial charge in [-0.1, -0.05) is 156 Å². The zero-order valence-corrected chi connectivity index (χ0v) is 67.5. The highest BCUT2D eigenvalue weighted by molar-refractivity contribution is 7.53. The summed E-state index contributed by atoms with van der Waals surface area (Å²) >= 11 is 0. The van der Waals surface area contributed by atoms with E-state index in [0.29, 0.717) is 51.9 Å². The van der Waals surface area contributed by atoms with Gasteiger partial charge in [-0.2, -0.15) is 0 Å². The van der Waals surface area contributed by atoms with Gasteiger partial charge in [0, 0.05) is 83.1 Å². The van der Waals surface area contributed by atoms with Crippen molar-refractivity contribution < 1.29 is 131 Å². The molecule has 6 heterocycles. The van der Waals surface area contributed by atoms with Crippen LogP contribution in [0.5, 0.6) is 0 Å². The number of likely N-dealkylation sites (tertiary alicyclic amines) is 3. The van der Waals surface area contributed by atoms with Gasteiger partial charge in [-0.25, -0.2) is 4.57 Å². The number of phosphoric ester groups is 1. The van der Waals surface area contributed by atoms with Gasteiger partial charge in [0.2, 0.25) is 17.7 Å². The van der Waals surface area contributed by atoms with Crippen molar-refractivity contribution in [3.63, 3.8) is 0 Å². The zero-order chi connectivity index (χ0) is 78.8. The molecule has 0 aromatic heterocycles. The molecule has 632 valence electrons. The molecule has 6 saturated heterocycles. The maximum atomic E-state index is 14.3. The normalized spacial score (nSPS) is 32.3. The van der Waals surface area contributed by atoms with Crippen LogP contribution in [-0.2, 0) is 74.8 Å². The Morgan fingerprint density at radius 2 is 0.704 bits per heavy atom. The molecule has 0 radical (unpaired) electrons. The Morgan fingerprint density at radius 3 is 1.05 bits per heavy atom. The molecule has 108 heavy (non-hydrogen) atoms. The van der Waals surface area contributed by atoms with Crippen molar-refractivity contribution in [2.75, 3.05) is 85.8 Å². The Bertz CT molecular complexity index is 2590. The quantitative estimate of drug-likeness (QED) is 0.0210. The lowest BCUT2D eigenvalue weighted by Gasteiger charge is -2.40. The monoisotopic (exact) mass is 1590 g/mol. The van der Waals surface area contributed by atoms with Gasteiger partial charge >= 0.3 is 15.4 Å². The molecule has 23 atom stereocenters. The number of carbonyl (C=O) groups is 3. The Balaban J connectivity index is 0.913. The molecular formula is C76H141N3O27P2. The van der Waals surface area contributed by atoms with Crippen LogP contribution in [0.3, 0.4) is 0 Å². The maximum absolute atomic E-state index is 14.3. The van der Waals surface area contributed by atoms with Crippen LogP contribution in [0.2, 0.25) is 0 Å². The van der Waals surface area contributed by atoms with Gasteiger partial charge in [-0.3, -0.25) is 28.0 Å². The van der Waals surface area contributed by atoms with Crippen LogP contribution in [0.15, 0.2) is 0 Å². The predicted molar refractivity (Wildman–Crippen MR) is 400 cm³/mol. The molecular weight excluding hydrogens is 1450 g/mol. The van der Waals surface area contributed by atoms with E-state index in [1.54, 1.807) is 30.6 Å². The van der Waals surface area contributed by atoms with E-state index in [2.05, 4.69) is 0 Å². The summed E-state index contributed by atoms with van der Waals surface area (Å²) in [4.78, 5) is 57.6. The standard InChI is InChI=1S/C76H141N3O27P2/c1-52(2)99-49-57-41-60(44-78(57)66(85)35-29-23-17-11-8-14-20-26-32-38-97-75-54(4)69(88)72(91)63(47-81)103-75)105-107(6,93)100-50-58-42-61(45-79(58)67(86)36-30-24-18-12-9-15-21-27-33-39-98-76-55(5)70(89)73(92)64(48-82)104-76)106-108(94,95)101-51-56-40-59(83)43-77(56)65(84)34-28-22-16-10-7-13-19-25-31-37-96-74-53(3)68(87)71(90)62(46-80)102-74/h52-64,68-76,80-83,87-92H,7-51H2,1-6H3,(H,94,95)/t53?,54?,55?,56-,57-,58-,59+,60+,61+,62?,63?,64?,68+,69+,70+,71-,72-,73-,74+,75+,76+,107?/m0/s1. The van der Waals surface area contributed by atoms with Crippen molar-refractivity contribution in [1.82, 2.24) is 14.7 Å². The first kappa shape index (κ1) is 94.8. The lowest BCUT2D eigenvalue weighted by Crippen LogP contribution is -2.55. The second-order valence-corrected chi connectivity index (χ2v) is 35.2. The number of aliphatic hydroxyl groups excluding tert-OH is 10. The minimum atomic E-state index is -4.82. The van der Waals surface area contributed by atoms with Gasteiger partial charge in [0.1, 0.15) is 36.6 Å². The molecule has 0 aromatic carbocycles. The number of hydrogen-bond donors (Lipinski definition) is 11. The third kappa shape index (κ3) is 32.6. The van der Waals surface area contributed by atoms with Crippen molar-refractivity contribution in [3.05, 3.63) is 0 Å². The summed E-state index contributed by atoms with van der Waals surface area (Å²) in [5.74, 6) is -1.74. The molecule has 6 rings (SSSR count). The van der Waals surface area contributed by atoms with E-state index in [1.807, 2.05) is 13.8 Å². The second kappa shape index (κ2) is 50.5. The first-order valence-electron chi connectivity index (χ1n) is 41.1. The van der Waals surface area contributed by atoms with E-state index < -0.39 is 157 Å². The smallest absolute Gasteiger partial charge is 0.394 e. The van der Waals surface area contributed by atoms with E-state index in [9.17, 15) is 79.5 Å². The molecule has 6 fully saturated rings. The average Bonchev–Trinajstić information content (AvgIpc) is 1.02. The first-order chi connectivity index (χ1) is 51.7. The van der Waals surface area contributed by atoms with E-state index >= 15 is 0 Å². The number of hydrogen-bond acceptors (Lipinski definition) is 26. The molecule has 0 bridgehead atoms. The lowest BCUT2D eigenvalue weighted by molar-refractivity contribution is -0.282. The molecule has 11 N–H and O–H groups in total. The van der Waals surface area contributed by atoms with E-state index in [0.717, 1.165) is 154 Å². The highest BCUT2D eigenvalue weighted by Gasteiger charge is 2.47. The Hall–Kier alpha value is -2.01. The van der Waals surface area contributed by atoms with Crippen LogP contribution in [0.1, 0.15) is 247 Å².